The van der Waals surface area contributed by atoms with E-state index in [0.29, 0.717) is 13.0 Å². The van der Waals surface area contributed by atoms with Gasteiger partial charge in [-0.05, 0) is 31.0 Å². The van der Waals surface area contributed by atoms with Crippen LogP contribution in [0.3, 0.4) is 0 Å². The van der Waals surface area contributed by atoms with Crippen molar-refractivity contribution in [3.8, 4) is 5.75 Å². The van der Waals surface area contributed by atoms with Crippen molar-refractivity contribution in [2.75, 3.05) is 46.5 Å². The normalized spacial score (nSPS) is 15.6. The Morgan fingerprint density at radius 1 is 1.27 bits per heavy atom. The number of carbonyl (C=O) groups excluding carboxylic acids is 1. The fourth-order valence-corrected chi connectivity index (χ4v) is 2.59. The number of methoxy groups -OCH3 is 1. The summed E-state index contributed by atoms with van der Waals surface area (Å²) in [6.45, 7) is 9.10. The van der Waals surface area contributed by atoms with Crippen LogP contribution >= 0.6 is 0 Å². The molecule has 1 saturated heterocycles. The Morgan fingerprint density at radius 3 is 2.64 bits per heavy atom. The summed E-state index contributed by atoms with van der Waals surface area (Å²) >= 11 is 0. The van der Waals surface area contributed by atoms with Crippen molar-refractivity contribution in [1.82, 2.24) is 10.2 Å². The summed E-state index contributed by atoms with van der Waals surface area (Å²) in [5.74, 6) is 0.821. The lowest BCUT2D eigenvalue weighted by molar-refractivity contribution is -0.120. The number of aryl methyl sites for hydroxylation is 2. The van der Waals surface area contributed by atoms with Crippen molar-refractivity contribution in [3.05, 3.63) is 28.8 Å². The summed E-state index contributed by atoms with van der Waals surface area (Å²) < 4.78 is 10.7. The number of hydrogen-bond donors (Lipinski definition) is 1. The van der Waals surface area contributed by atoms with Gasteiger partial charge in [0, 0.05) is 31.7 Å². The van der Waals surface area contributed by atoms with E-state index in [9.17, 15) is 4.79 Å². The molecule has 1 aliphatic heterocycles. The number of rotatable bonds is 6. The number of nitrogens with one attached hydrogen (secondary N) is 1. The van der Waals surface area contributed by atoms with Crippen LogP contribution in [0.25, 0.3) is 0 Å². The zero-order valence-electron chi connectivity index (χ0n) is 13.8. The van der Waals surface area contributed by atoms with Crippen molar-refractivity contribution in [2.45, 2.75) is 20.3 Å². The van der Waals surface area contributed by atoms with E-state index in [1.807, 2.05) is 19.1 Å². The zero-order valence-corrected chi connectivity index (χ0v) is 13.8. The predicted octanol–water partition coefficient (Wildman–Crippen LogP) is 1.30. The molecule has 0 spiro atoms. The minimum absolute atomic E-state index is 0.0369. The van der Waals surface area contributed by atoms with Crippen LogP contribution in [0, 0.1) is 13.8 Å². The van der Waals surface area contributed by atoms with E-state index in [2.05, 4.69) is 17.1 Å². The monoisotopic (exact) mass is 306 g/mol. The van der Waals surface area contributed by atoms with Gasteiger partial charge in [0.2, 0.25) is 5.91 Å². The van der Waals surface area contributed by atoms with E-state index in [1.54, 1.807) is 7.11 Å². The highest BCUT2D eigenvalue weighted by atomic mass is 16.5. The number of morpholine rings is 1. The smallest absolute Gasteiger partial charge is 0.224 e. The zero-order chi connectivity index (χ0) is 15.9. The van der Waals surface area contributed by atoms with Gasteiger partial charge in [0.25, 0.3) is 0 Å². The largest absolute Gasteiger partial charge is 0.496 e. The molecule has 22 heavy (non-hydrogen) atoms. The van der Waals surface area contributed by atoms with Crippen LogP contribution in [0.5, 0.6) is 5.75 Å². The third kappa shape index (κ3) is 4.71. The Kier molecular flexibility index (Phi) is 6.21. The molecule has 1 fully saturated rings. The molecule has 0 aliphatic carbocycles. The second-order valence-electron chi connectivity index (χ2n) is 5.73. The van der Waals surface area contributed by atoms with Crippen molar-refractivity contribution >= 4 is 5.91 Å². The van der Waals surface area contributed by atoms with E-state index >= 15 is 0 Å². The van der Waals surface area contributed by atoms with Crippen molar-refractivity contribution in [1.29, 1.82) is 0 Å². The molecule has 0 atom stereocenters. The molecule has 0 saturated carbocycles. The number of benzene rings is 1. The molecule has 1 amide bonds. The molecule has 1 N–H and O–H groups in total. The first kappa shape index (κ1) is 16.8. The van der Waals surface area contributed by atoms with Crippen LogP contribution in [0.4, 0.5) is 0 Å². The molecule has 1 aromatic rings. The van der Waals surface area contributed by atoms with Crippen molar-refractivity contribution in [2.24, 2.45) is 0 Å². The Bertz CT molecular complexity index is 511. The van der Waals surface area contributed by atoms with Crippen LogP contribution in [0.2, 0.25) is 0 Å². The highest BCUT2D eigenvalue weighted by molar-refractivity contribution is 5.79. The highest BCUT2D eigenvalue weighted by Crippen LogP contribution is 2.23. The van der Waals surface area contributed by atoms with Gasteiger partial charge in [-0.1, -0.05) is 6.07 Å². The number of ether oxygens (including phenoxy) is 2. The van der Waals surface area contributed by atoms with Crippen molar-refractivity contribution in [3.63, 3.8) is 0 Å². The molecule has 122 valence electrons. The summed E-state index contributed by atoms with van der Waals surface area (Å²) in [7, 11) is 1.64. The van der Waals surface area contributed by atoms with Gasteiger partial charge >= 0.3 is 0 Å². The van der Waals surface area contributed by atoms with Gasteiger partial charge in [0.1, 0.15) is 5.75 Å². The maximum Gasteiger partial charge on any atom is 0.224 e. The quantitative estimate of drug-likeness (QED) is 0.861. The Hall–Kier alpha value is -1.59. The van der Waals surface area contributed by atoms with Gasteiger partial charge in [-0.2, -0.15) is 0 Å². The Morgan fingerprint density at radius 2 is 1.95 bits per heavy atom. The van der Waals surface area contributed by atoms with E-state index in [1.165, 1.54) is 11.1 Å². The molecule has 5 nitrogen and oxygen atoms in total. The molecule has 5 heteroatoms. The van der Waals surface area contributed by atoms with Gasteiger partial charge in [0.05, 0.1) is 26.7 Å². The number of carbonyl (C=O) groups is 1. The summed E-state index contributed by atoms with van der Waals surface area (Å²) in [5.41, 5.74) is 3.29. The molecule has 1 aliphatic rings. The SMILES string of the molecule is COc1cc(C)c(C)cc1CC(=O)NCCN1CCOCC1. The third-order valence-corrected chi connectivity index (χ3v) is 4.10. The fraction of sp³-hybridized carbons (Fsp3) is 0.588. The first-order valence-electron chi connectivity index (χ1n) is 7.81. The lowest BCUT2D eigenvalue weighted by Gasteiger charge is -2.26. The fourth-order valence-electron chi connectivity index (χ4n) is 2.59. The lowest BCUT2D eigenvalue weighted by atomic mass is 10.0. The molecule has 2 rings (SSSR count). The maximum absolute atomic E-state index is 12.1. The highest BCUT2D eigenvalue weighted by Gasteiger charge is 2.12. The van der Waals surface area contributed by atoms with Gasteiger partial charge in [-0.3, -0.25) is 9.69 Å². The Balaban J connectivity index is 1.82. The first-order chi connectivity index (χ1) is 10.6. The molecule has 0 unspecified atom stereocenters. The molecule has 0 radical (unpaired) electrons. The molecule has 1 aromatic carbocycles. The van der Waals surface area contributed by atoms with Gasteiger partial charge in [-0.15, -0.1) is 0 Å². The van der Waals surface area contributed by atoms with E-state index in [0.717, 1.165) is 44.2 Å². The van der Waals surface area contributed by atoms with E-state index in [4.69, 9.17) is 9.47 Å². The standard InChI is InChI=1S/C17H26N2O3/c1-13-10-15(16(21-3)11-14(13)2)12-17(20)18-4-5-19-6-8-22-9-7-19/h10-11H,4-9,12H2,1-3H3,(H,18,20). The third-order valence-electron chi connectivity index (χ3n) is 4.10. The second kappa shape index (κ2) is 8.15. The molecular weight excluding hydrogens is 280 g/mol. The molecular formula is C17H26N2O3. The van der Waals surface area contributed by atoms with Gasteiger partial charge in [-0.25, -0.2) is 0 Å². The van der Waals surface area contributed by atoms with Gasteiger partial charge in [0.15, 0.2) is 0 Å². The number of amides is 1. The van der Waals surface area contributed by atoms with Gasteiger partial charge < -0.3 is 14.8 Å². The minimum Gasteiger partial charge on any atom is -0.496 e. The van der Waals surface area contributed by atoms with Crippen molar-refractivity contribution < 1.29 is 14.3 Å². The van der Waals surface area contributed by atoms with Crippen LogP contribution in [-0.4, -0.2) is 57.3 Å². The lowest BCUT2D eigenvalue weighted by Crippen LogP contribution is -2.41. The number of nitrogens with zero attached hydrogens (tertiary/aromatic N) is 1. The minimum atomic E-state index is 0.0369. The summed E-state index contributed by atoms with van der Waals surface area (Å²) in [6.07, 6.45) is 0.355. The van der Waals surface area contributed by atoms with Crippen LogP contribution in [-0.2, 0) is 16.0 Å². The number of hydrogen-bond acceptors (Lipinski definition) is 4. The molecule has 1 heterocycles. The van der Waals surface area contributed by atoms with Crippen LogP contribution in [0.15, 0.2) is 12.1 Å². The maximum atomic E-state index is 12.1. The average Bonchev–Trinajstić information content (AvgIpc) is 2.51. The molecule has 0 aromatic heterocycles. The topological polar surface area (TPSA) is 50.8 Å². The first-order valence-corrected chi connectivity index (χ1v) is 7.81. The average molecular weight is 306 g/mol. The van der Waals surface area contributed by atoms with Crippen LogP contribution < -0.4 is 10.1 Å². The Labute approximate surface area is 132 Å². The summed E-state index contributed by atoms with van der Waals surface area (Å²) in [4.78, 5) is 14.4. The summed E-state index contributed by atoms with van der Waals surface area (Å²) in [5, 5.41) is 2.99. The summed E-state index contributed by atoms with van der Waals surface area (Å²) in [6, 6.07) is 4.03. The predicted molar refractivity (Wildman–Crippen MR) is 86.4 cm³/mol. The van der Waals surface area contributed by atoms with E-state index in [-0.39, 0.29) is 5.91 Å². The van der Waals surface area contributed by atoms with E-state index < -0.39 is 0 Å². The second-order valence-corrected chi connectivity index (χ2v) is 5.73. The van der Waals surface area contributed by atoms with Crippen LogP contribution in [0.1, 0.15) is 16.7 Å². The molecule has 0 bridgehead atoms.